The van der Waals surface area contributed by atoms with E-state index in [0.717, 1.165) is 25.0 Å². The second-order valence-electron chi connectivity index (χ2n) is 4.30. The van der Waals surface area contributed by atoms with E-state index in [4.69, 9.17) is 4.74 Å². The van der Waals surface area contributed by atoms with E-state index in [0.29, 0.717) is 19.6 Å². The van der Waals surface area contributed by atoms with Gasteiger partial charge in [0.05, 0.1) is 6.54 Å². The van der Waals surface area contributed by atoms with Crippen molar-refractivity contribution < 1.29 is 9.53 Å². The van der Waals surface area contributed by atoms with E-state index in [9.17, 15) is 4.79 Å². The highest BCUT2D eigenvalue weighted by molar-refractivity contribution is 5.75. The number of rotatable bonds is 8. The molecule has 3 nitrogen and oxygen atoms in total. The molecular weight excluding hydrogens is 226 g/mol. The molecule has 0 bridgehead atoms. The Labute approximate surface area is 110 Å². The molecule has 3 heteroatoms. The molecule has 0 aromatic heterocycles. The number of aryl methyl sites for hydroxylation is 1. The largest absolute Gasteiger partial charge is 0.492 e. The first-order valence-corrected chi connectivity index (χ1v) is 6.74. The maximum atomic E-state index is 11.3. The molecule has 1 amide bonds. The molecule has 18 heavy (non-hydrogen) atoms. The van der Waals surface area contributed by atoms with Crippen molar-refractivity contribution in [1.82, 2.24) is 5.32 Å². The molecule has 0 saturated carbocycles. The van der Waals surface area contributed by atoms with Gasteiger partial charge in [0.2, 0.25) is 5.91 Å². The highest BCUT2D eigenvalue weighted by Gasteiger charge is 1.99. The second-order valence-corrected chi connectivity index (χ2v) is 4.30. The number of hydrogen-bond donors (Lipinski definition) is 1. The number of hydrogen-bond acceptors (Lipinski definition) is 2. The minimum atomic E-state index is 0.114. The van der Waals surface area contributed by atoms with Crippen LogP contribution in [-0.2, 0) is 11.2 Å². The molecule has 0 radical (unpaired) electrons. The Balaban J connectivity index is 2.19. The molecule has 0 spiro atoms. The van der Waals surface area contributed by atoms with E-state index in [-0.39, 0.29) is 5.91 Å². The predicted octanol–water partition coefficient (Wildman–Crippen LogP) is 2.93. The number of unbranched alkanes of at least 4 members (excludes halogenated alkanes) is 1. The summed E-state index contributed by atoms with van der Waals surface area (Å²) in [5.41, 5.74) is 1.26. The molecule has 0 atom stereocenters. The van der Waals surface area contributed by atoms with E-state index >= 15 is 0 Å². The molecule has 0 aliphatic carbocycles. The van der Waals surface area contributed by atoms with Crippen LogP contribution in [0.4, 0.5) is 0 Å². The van der Waals surface area contributed by atoms with E-state index < -0.39 is 0 Å². The fourth-order valence-corrected chi connectivity index (χ4v) is 1.64. The smallest absolute Gasteiger partial charge is 0.220 e. The van der Waals surface area contributed by atoms with Crippen LogP contribution in [0.3, 0.4) is 0 Å². The molecule has 0 aliphatic rings. The Kier molecular flexibility index (Phi) is 6.92. The summed E-state index contributed by atoms with van der Waals surface area (Å²) in [6.45, 7) is 5.29. The lowest BCUT2D eigenvalue weighted by molar-refractivity contribution is -0.121. The van der Waals surface area contributed by atoms with Gasteiger partial charge in [-0.25, -0.2) is 0 Å². The van der Waals surface area contributed by atoms with Crippen LogP contribution >= 0.6 is 0 Å². The number of ether oxygens (including phenoxy) is 1. The maximum Gasteiger partial charge on any atom is 0.220 e. The van der Waals surface area contributed by atoms with Gasteiger partial charge in [-0.05, 0) is 30.5 Å². The fraction of sp³-hybridized carbons (Fsp3) is 0.533. The van der Waals surface area contributed by atoms with Gasteiger partial charge in [-0.1, -0.05) is 32.4 Å². The van der Waals surface area contributed by atoms with Crippen molar-refractivity contribution in [3.05, 3.63) is 29.8 Å². The van der Waals surface area contributed by atoms with Gasteiger partial charge in [0.1, 0.15) is 12.4 Å². The molecule has 0 fully saturated rings. The molecular formula is C15H23NO2. The third-order valence-corrected chi connectivity index (χ3v) is 2.76. The van der Waals surface area contributed by atoms with Crippen LogP contribution in [0.2, 0.25) is 0 Å². The van der Waals surface area contributed by atoms with Crippen LogP contribution in [0.5, 0.6) is 5.75 Å². The normalized spacial score (nSPS) is 10.1. The summed E-state index contributed by atoms with van der Waals surface area (Å²) in [4.78, 5) is 11.3. The Hall–Kier alpha value is -1.51. The van der Waals surface area contributed by atoms with Crippen molar-refractivity contribution in [3.63, 3.8) is 0 Å². The van der Waals surface area contributed by atoms with Gasteiger partial charge in [0, 0.05) is 6.42 Å². The molecule has 1 aromatic rings. The Morgan fingerprint density at radius 2 is 2.17 bits per heavy atom. The third-order valence-electron chi connectivity index (χ3n) is 2.76. The fourth-order valence-electron chi connectivity index (χ4n) is 1.64. The molecule has 0 unspecified atom stereocenters. The lowest BCUT2D eigenvalue weighted by atomic mass is 10.2. The van der Waals surface area contributed by atoms with Gasteiger partial charge in [-0.15, -0.1) is 0 Å². The van der Waals surface area contributed by atoms with Crippen LogP contribution < -0.4 is 10.1 Å². The van der Waals surface area contributed by atoms with Gasteiger partial charge in [0.25, 0.3) is 0 Å². The number of carbonyl (C=O) groups is 1. The maximum absolute atomic E-state index is 11.3. The second kappa shape index (κ2) is 8.56. The third kappa shape index (κ3) is 5.71. The quantitative estimate of drug-likeness (QED) is 0.719. The molecule has 0 aliphatic heterocycles. The van der Waals surface area contributed by atoms with Gasteiger partial charge in [0.15, 0.2) is 0 Å². The predicted molar refractivity (Wildman–Crippen MR) is 73.8 cm³/mol. The summed E-state index contributed by atoms with van der Waals surface area (Å²) in [7, 11) is 0. The Morgan fingerprint density at radius 1 is 1.33 bits per heavy atom. The average Bonchev–Trinajstić information content (AvgIpc) is 2.41. The molecule has 1 aromatic carbocycles. The molecule has 100 valence electrons. The van der Waals surface area contributed by atoms with Crippen molar-refractivity contribution in [2.75, 3.05) is 13.2 Å². The van der Waals surface area contributed by atoms with Crippen molar-refractivity contribution in [3.8, 4) is 5.75 Å². The van der Waals surface area contributed by atoms with Gasteiger partial charge in [-0.2, -0.15) is 0 Å². The van der Waals surface area contributed by atoms with E-state index in [1.54, 1.807) is 0 Å². The van der Waals surface area contributed by atoms with Crippen LogP contribution in [-0.4, -0.2) is 19.1 Å². The number of nitrogens with one attached hydrogen (secondary N) is 1. The van der Waals surface area contributed by atoms with Crippen LogP contribution in [0.25, 0.3) is 0 Å². The first-order valence-electron chi connectivity index (χ1n) is 6.74. The first kappa shape index (κ1) is 14.6. The van der Waals surface area contributed by atoms with E-state index in [2.05, 4.69) is 25.2 Å². The minimum absolute atomic E-state index is 0.114. The monoisotopic (exact) mass is 249 g/mol. The summed E-state index contributed by atoms with van der Waals surface area (Å²) in [5.74, 6) is 0.986. The van der Waals surface area contributed by atoms with Crippen molar-refractivity contribution in [2.24, 2.45) is 0 Å². The summed E-state index contributed by atoms with van der Waals surface area (Å²) in [5, 5.41) is 2.85. The summed E-state index contributed by atoms with van der Waals surface area (Å²) >= 11 is 0. The number of carbonyl (C=O) groups excluding carboxylic acids is 1. The van der Waals surface area contributed by atoms with Crippen LogP contribution in [0.1, 0.15) is 38.7 Å². The summed E-state index contributed by atoms with van der Waals surface area (Å²) < 4.78 is 5.59. The van der Waals surface area contributed by atoms with Gasteiger partial charge in [-0.3, -0.25) is 4.79 Å². The highest BCUT2D eigenvalue weighted by atomic mass is 16.5. The summed E-state index contributed by atoms with van der Waals surface area (Å²) in [6, 6.07) is 8.06. The van der Waals surface area contributed by atoms with E-state index in [1.807, 2.05) is 18.2 Å². The van der Waals surface area contributed by atoms with Crippen molar-refractivity contribution in [1.29, 1.82) is 0 Å². The Bertz CT molecular complexity index is 363. The van der Waals surface area contributed by atoms with Crippen molar-refractivity contribution in [2.45, 2.75) is 39.5 Å². The van der Waals surface area contributed by atoms with Gasteiger partial charge < -0.3 is 10.1 Å². The first-order chi connectivity index (χ1) is 8.76. The molecule has 0 heterocycles. The molecule has 1 N–H and O–H groups in total. The average molecular weight is 249 g/mol. The molecule has 0 saturated heterocycles. The summed E-state index contributed by atoms with van der Waals surface area (Å²) in [6.07, 6.45) is 3.62. The molecule has 1 rings (SSSR count). The minimum Gasteiger partial charge on any atom is -0.492 e. The van der Waals surface area contributed by atoms with Crippen LogP contribution in [0.15, 0.2) is 24.3 Å². The standard InChI is InChI=1S/C15H23NO2/c1-3-5-9-15(17)16-10-11-18-14-8-6-7-13(4-2)12-14/h6-8,12H,3-5,9-11H2,1-2H3,(H,16,17). The lowest BCUT2D eigenvalue weighted by Crippen LogP contribution is -2.27. The van der Waals surface area contributed by atoms with E-state index in [1.165, 1.54) is 5.56 Å². The zero-order valence-corrected chi connectivity index (χ0v) is 11.4. The zero-order valence-electron chi connectivity index (χ0n) is 11.4. The Morgan fingerprint density at radius 3 is 2.89 bits per heavy atom. The topological polar surface area (TPSA) is 38.3 Å². The van der Waals surface area contributed by atoms with Crippen LogP contribution in [0, 0.1) is 0 Å². The number of benzene rings is 1. The highest BCUT2D eigenvalue weighted by Crippen LogP contribution is 2.13. The number of amides is 1. The SMILES string of the molecule is CCCCC(=O)NCCOc1cccc(CC)c1. The van der Waals surface area contributed by atoms with Gasteiger partial charge >= 0.3 is 0 Å². The lowest BCUT2D eigenvalue weighted by Gasteiger charge is -2.08. The zero-order chi connectivity index (χ0) is 13.2. The van der Waals surface area contributed by atoms with Crippen molar-refractivity contribution >= 4 is 5.91 Å².